The topological polar surface area (TPSA) is 29.3 Å². The van der Waals surface area contributed by atoms with E-state index in [0.717, 1.165) is 12.3 Å². The van der Waals surface area contributed by atoms with Crippen LogP contribution in [0.2, 0.25) is 0 Å². The maximum Gasteiger partial charge on any atom is 0.0425 e. The van der Waals surface area contributed by atoms with Gasteiger partial charge in [-0.2, -0.15) is 0 Å². The zero-order valence-electron chi connectivity index (χ0n) is 13.8. The fourth-order valence-corrected chi connectivity index (χ4v) is 4.22. The summed E-state index contributed by atoms with van der Waals surface area (Å²) in [5.74, 6) is 1.78. The normalized spacial score (nSPS) is 15.9. The molecule has 1 aliphatic rings. The molecule has 2 nitrogen and oxygen atoms in total. The van der Waals surface area contributed by atoms with E-state index >= 15 is 0 Å². The lowest BCUT2D eigenvalue weighted by molar-refractivity contribution is 0.534. The Morgan fingerprint density at radius 1 is 1.29 bits per heavy atom. The van der Waals surface area contributed by atoms with Crippen LogP contribution < -0.4 is 10.6 Å². The minimum absolute atomic E-state index is 0.639. The molecule has 0 aliphatic heterocycles. The molecule has 3 heteroatoms. The third-order valence-corrected chi connectivity index (χ3v) is 5.23. The van der Waals surface area contributed by atoms with Crippen molar-refractivity contribution in [1.82, 2.24) is 0 Å². The molecule has 0 atom stereocenters. The van der Waals surface area contributed by atoms with Crippen LogP contribution in [0.5, 0.6) is 0 Å². The molecule has 0 amide bonds. The lowest BCUT2D eigenvalue weighted by atomic mass is 10.1. The van der Waals surface area contributed by atoms with Gasteiger partial charge in [-0.15, -0.1) is 11.8 Å². The molecule has 21 heavy (non-hydrogen) atoms. The number of nitrogens with two attached hydrogens (primary N) is 1. The van der Waals surface area contributed by atoms with Gasteiger partial charge in [0.2, 0.25) is 0 Å². The number of benzene rings is 1. The Labute approximate surface area is 134 Å². The molecule has 1 aromatic carbocycles. The van der Waals surface area contributed by atoms with Gasteiger partial charge < -0.3 is 10.6 Å². The zero-order valence-corrected chi connectivity index (χ0v) is 14.6. The summed E-state index contributed by atoms with van der Waals surface area (Å²) < 4.78 is 0. The van der Waals surface area contributed by atoms with Crippen molar-refractivity contribution >= 4 is 17.4 Å². The van der Waals surface area contributed by atoms with E-state index in [9.17, 15) is 0 Å². The van der Waals surface area contributed by atoms with E-state index in [1.54, 1.807) is 0 Å². The summed E-state index contributed by atoms with van der Waals surface area (Å²) in [5.41, 5.74) is 8.84. The van der Waals surface area contributed by atoms with Crippen LogP contribution in [0.4, 0.5) is 5.69 Å². The van der Waals surface area contributed by atoms with Crippen LogP contribution >= 0.6 is 11.8 Å². The first-order valence-corrected chi connectivity index (χ1v) is 9.37. The molecule has 2 rings (SSSR count). The fourth-order valence-electron chi connectivity index (χ4n) is 3.37. The van der Waals surface area contributed by atoms with E-state index in [2.05, 4.69) is 43.9 Å². The first-order chi connectivity index (χ1) is 10.2. The maximum atomic E-state index is 6.11. The summed E-state index contributed by atoms with van der Waals surface area (Å²) in [6.45, 7) is 8.61. The SMILES string of the molecule is CCSc1cccc(N(CC(C)C)C2CCCC2)c1CN. The van der Waals surface area contributed by atoms with Crippen molar-refractivity contribution in [3.8, 4) is 0 Å². The largest absolute Gasteiger partial charge is 0.368 e. The molecule has 0 bridgehead atoms. The quantitative estimate of drug-likeness (QED) is 0.743. The predicted octanol–water partition coefficient (Wildman–Crippen LogP) is 4.66. The van der Waals surface area contributed by atoms with E-state index in [-0.39, 0.29) is 0 Å². The van der Waals surface area contributed by atoms with Gasteiger partial charge in [-0.25, -0.2) is 0 Å². The standard InChI is InChI=1S/C18H30N2S/c1-4-21-18-11-7-10-17(16(18)12-19)20(13-14(2)3)15-8-5-6-9-15/h7,10-11,14-15H,4-6,8-9,12-13,19H2,1-3H3. The van der Waals surface area contributed by atoms with Crippen molar-refractivity contribution in [1.29, 1.82) is 0 Å². The fraction of sp³-hybridized carbons (Fsp3) is 0.667. The highest BCUT2D eigenvalue weighted by molar-refractivity contribution is 7.99. The van der Waals surface area contributed by atoms with Crippen molar-refractivity contribution in [2.24, 2.45) is 11.7 Å². The third kappa shape index (κ3) is 4.17. The predicted molar refractivity (Wildman–Crippen MR) is 95.2 cm³/mol. The van der Waals surface area contributed by atoms with Crippen molar-refractivity contribution in [3.05, 3.63) is 23.8 Å². The number of nitrogens with zero attached hydrogens (tertiary/aromatic N) is 1. The molecule has 118 valence electrons. The number of hydrogen-bond donors (Lipinski definition) is 1. The van der Waals surface area contributed by atoms with Crippen LogP contribution in [-0.2, 0) is 6.54 Å². The van der Waals surface area contributed by atoms with Crippen LogP contribution in [0, 0.1) is 5.92 Å². The molecule has 0 aromatic heterocycles. The molecule has 1 aliphatic carbocycles. The molecule has 0 radical (unpaired) electrons. The number of thioether (sulfide) groups is 1. The summed E-state index contributed by atoms with van der Waals surface area (Å²) in [5, 5.41) is 0. The van der Waals surface area contributed by atoms with Gasteiger partial charge in [-0.3, -0.25) is 0 Å². The van der Waals surface area contributed by atoms with E-state index in [0.29, 0.717) is 18.5 Å². The third-order valence-electron chi connectivity index (χ3n) is 4.25. The van der Waals surface area contributed by atoms with Gasteiger partial charge >= 0.3 is 0 Å². The molecule has 1 fully saturated rings. The summed E-state index contributed by atoms with van der Waals surface area (Å²) >= 11 is 1.91. The second-order valence-corrected chi connectivity index (χ2v) is 7.68. The lowest BCUT2D eigenvalue weighted by Crippen LogP contribution is -2.37. The molecular weight excluding hydrogens is 276 g/mol. The van der Waals surface area contributed by atoms with Crippen molar-refractivity contribution < 1.29 is 0 Å². The van der Waals surface area contributed by atoms with Gasteiger partial charge in [0.1, 0.15) is 0 Å². The molecule has 1 aromatic rings. The van der Waals surface area contributed by atoms with E-state index in [1.165, 1.54) is 41.8 Å². The van der Waals surface area contributed by atoms with Crippen molar-refractivity contribution in [3.63, 3.8) is 0 Å². The molecule has 1 saturated carbocycles. The molecule has 0 saturated heterocycles. The minimum Gasteiger partial charge on any atom is -0.368 e. The second-order valence-electron chi connectivity index (χ2n) is 6.38. The van der Waals surface area contributed by atoms with Gasteiger partial charge in [-0.05, 0) is 36.6 Å². The summed E-state index contributed by atoms with van der Waals surface area (Å²) in [6.07, 6.45) is 5.42. The number of rotatable bonds is 7. The van der Waals surface area contributed by atoms with Crippen LogP contribution in [0.1, 0.15) is 52.0 Å². The maximum absolute atomic E-state index is 6.11. The lowest BCUT2D eigenvalue weighted by Gasteiger charge is -2.35. The smallest absolute Gasteiger partial charge is 0.0425 e. The van der Waals surface area contributed by atoms with E-state index in [1.807, 2.05) is 11.8 Å². The minimum atomic E-state index is 0.639. The molecule has 0 spiro atoms. The first kappa shape index (κ1) is 16.7. The van der Waals surface area contributed by atoms with Crippen LogP contribution in [0.25, 0.3) is 0 Å². The average Bonchev–Trinajstić information content (AvgIpc) is 2.98. The van der Waals surface area contributed by atoms with Crippen LogP contribution in [0.15, 0.2) is 23.1 Å². The Morgan fingerprint density at radius 3 is 2.57 bits per heavy atom. The van der Waals surface area contributed by atoms with E-state index in [4.69, 9.17) is 5.73 Å². The van der Waals surface area contributed by atoms with Gasteiger partial charge in [0.25, 0.3) is 0 Å². The summed E-state index contributed by atoms with van der Waals surface area (Å²) in [6, 6.07) is 7.42. The monoisotopic (exact) mass is 306 g/mol. The molecule has 0 heterocycles. The van der Waals surface area contributed by atoms with Gasteiger partial charge in [0, 0.05) is 35.3 Å². The zero-order chi connectivity index (χ0) is 15.2. The van der Waals surface area contributed by atoms with E-state index < -0.39 is 0 Å². The highest BCUT2D eigenvalue weighted by Crippen LogP contribution is 2.35. The number of hydrogen-bond acceptors (Lipinski definition) is 3. The highest BCUT2D eigenvalue weighted by atomic mass is 32.2. The Balaban J connectivity index is 2.35. The molecular formula is C18H30N2S. The summed E-state index contributed by atoms with van der Waals surface area (Å²) in [4.78, 5) is 4.02. The van der Waals surface area contributed by atoms with Crippen molar-refractivity contribution in [2.75, 3.05) is 17.2 Å². The Bertz CT molecular complexity index is 439. The van der Waals surface area contributed by atoms with Gasteiger partial charge in [-0.1, -0.05) is 39.7 Å². The van der Waals surface area contributed by atoms with Crippen LogP contribution in [-0.4, -0.2) is 18.3 Å². The molecule has 2 N–H and O–H groups in total. The Kier molecular flexibility index (Phi) is 6.43. The van der Waals surface area contributed by atoms with Gasteiger partial charge in [0.05, 0.1) is 0 Å². The Morgan fingerprint density at radius 2 is 2.00 bits per heavy atom. The second kappa shape index (κ2) is 8.09. The average molecular weight is 307 g/mol. The Hall–Kier alpha value is -0.670. The van der Waals surface area contributed by atoms with Crippen LogP contribution in [0.3, 0.4) is 0 Å². The van der Waals surface area contributed by atoms with Gasteiger partial charge in [0.15, 0.2) is 0 Å². The highest BCUT2D eigenvalue weighted by Gasteiger charge is 2.25. The molecule has 0 unspecified atom stereocenters. The number of anilines is 1. The summed E-state index contributed by atoms with van der Waals surface area (Å²) in [7, 11) is 0. The van der Waals surface area contributed by atoms with Crippen molar-refractivity contribution in [2.45, 2.75) is 63.9 Å². The first-order valence-electron chi connectivity index (χ1n) is 8.38.